The highest BCUT2D eigenvalue weighted by molar-refractivity contribution is 5.85. The summed E-state index contributed by atoms with van der Waals surface area (Å²) in [6.07, 6.45) is -0.255. The smallest absolute Gasteiger partial charge is 0.326 e. The number of amides is 1. The highest BCUT2D eigenvalue weighted by atomic mass is 16.4. The van der Waals surface area contributed by atoms with E-state index in [1.807, 2.05) is 0 Å². The fourth-order valence-corrected chi connectivity index (χ4v) is 1.71. The van der Waals surface area contributed by atoms with Crippen LogP contribution in [0.4, 0.5) is 0 Å². The summed E-state index contributed by atoms with van der Waals surface area (Å²) in [6.45, 7) is 6.63. The number of aliphatic carboxylic acids is 2. The van der Waals surface area contributed by atoms with Crippen molar-refractivity contribution in [1.82, 2.24) is 4.90 Å². The van der Waals surface area contributed by atoms with E-state index in [4.69, 9.17) is 10.2 Å². The van der Waals surface area contributed by atoms with E-state index in [1.165, 1.54) is 0 Å². The van der Waals surface area contributed by atoms with Crippen molar-refractivity contribution < 1.29 is 24.6 Å². The lowest BCUT2D eigenvalue weighted by molar-refractivity contribution is -0.154. The van der Waals surface area contributed by atoms with Crippen LogP contribution in [0.5, 0.6) is 0 Å². The summed E-state index contributed by atoms with van der Waals surface area (Å²) >= 11 is 0. The molecule has 0 fully saturated rings. The van der Waals surface area contributed by atoms with Crippen LogP contribution in [0.3, 0.4) is 0 Å². The lowest BCUT2D eigenvalue weighted by Crippen LogP contribution is -2.50. The van der Waals surface area contributed by atoms with E-state index in [9.17, 15) is 14.4 Å². The van der Waals surface area contributed by atoms with Crippen LogP contribution in [0.1, 0.15) is 34.1 Å². The van der Waals surface area contributed by atoms with Gasteiger partial charge in [0, 0.05) is 12.5 Å². The van der Waals surface area contributed by atoms with E-state index in [-0.39, 0.29) is 30.7 Å². The van der Waals surface area contributed by atoms with E-state index >= 15 is 0 Å². The molecule has 1 atom stereocenters. The Morgan fingerprint density at radius 2 is 1.56 bits per heavy atom. The molecule has 0 aromatic carbocycles. The van der Waals surface area contributed by atoms with Crippen LogP contribution >= 0.6 is 0 Å². The molecule has 0 aromatic heterocycles. The number of nitrogens with zero attached hydrogens (tertiary/aromatic N) is 1. The van der Waals surface area contributed by atoms with Crippen molar-refractivity contribution in [2.24, 2.45) is 11.8 Å². The quantitative estimate of drug-likeness (QED) is 0.712. The van der Waals surface area contributed by atoms with E-state index in [0.717, 1.165) is 4.90 Å². The Morgan fingerprint density at radius 3 is 1.83 bits per heavy atom. The molecule has 6 nitrogen and oxygen atoms in total. The highest BCUT2D eigenvalue weighted by Gasteiger charge is 2.33. The molecule has 0 aliphatic heterocycles. The molecule has 1 unspecified atom stereocenters. The molecule has 0 saturated heterocycles. The van der Waals surface area contributed by atoms with E-state index in [1.54, 1.807) is 27.7 Å². The zero-order chi connectivity index (χ0) is 14.5. The Kier molecular flexibility index (Phi) is 6.36. The second kappa shape index (κ2) is 6.98. The lowest BCUT2D eigenvalue weighted by atomic mass is 10.0. The van der Waals surface area contributed by atoms with Crippen molar-refractivity contribution in [3.63, 3.8) is 0 Å². The standard InChI is InChI=1S/C12H21NO5/c1-7(2)10(12(17)18)13(6-5-9(14)15)11(16)8(3)4/h7-8,10H,5-6H2,1-4H3,(H,14,15)(H,17,18). The maximum absolute atomic E-state index is 12.0. The average molecular weight is 259 g/mol. The van der Waals surface area contributed by atoms with Crippen molar-refractivity contribution in [2.75, 3.05) is 6.54 Å². The fraction of sp³-hybridized carbons (Fsp3) is 0.750. The molecule has 104 valence electrons. The first kappa shape index (κ1) is 16.4. The minimum absolute atomic E-state index is 0.0819. The summed E-state index contributed by atoms with van der Waals surface area (Å²) in [5, 5.41) is 17.8. The molecule has 0 spiro atoms. The summed E-state index contributed by atoms with van der Waals surface area (Å²) in [4.78, 5) is 34.9. The number of carbonyl (C=O) groups is 3. The Bertz CT molecular complexity index is 324. The second-order valence-corrected chi connectivity index (χ2v) is 4.86. The number of carboxylic acid groups (broad SMARTS) is 2. The summed E-state index contributed by atoms with van der Waals surface area (Å²) in [6, 6.07) is -0.987. The molecule has 18 heavy (non-hydrogen) atoms. The third-order valence-corrected chi connectivity index (χ3v) is 2.56. The van der Waals surface area contributed by atoms with Gasteiger partial charge in [0.25, 0.3) is 0 Å². The molecule has 6 heteroatoms. The molecule has 0 aliphatic rings. The fourth-order valence-electron chi connectivity index (χ4n) is 1.71. The van der Waals surface area contributed by atoms with Crippen LogP contribution in [0.25, 0.3) is 0 Å². The summed E-state index contributed by atoms with van der Waals surface area (Å²) < 4.78 is 0. The van der Waals surface area contributed by atoms with Gasteiger partial charge in [0.2, 0.25) is 5.91 Å². The third-order valence-electron chi connectivity index (χ3n) is 2.56. The molecular formula is C12H21NO5. The van der Waals surface area contributed by atoms with Crippen molar-refractivity contribution in [3.8, 4) is 0 Å². The number of carboxylic acids is 2. The Hall–Kier alpha value is -1.59. The van der Waals surface area contributed by atoms with E-state index < -0.39 is 18.0 Å². The summed E-state index contributed by atoms with van der Waals surface area (Å²) in [7, 11) is 0. The molecule has 0 rings (SSSR count). The van der Waals surface area contributed by atoms with Crippen LogP contribution in [0, 0.1) is 11.8 Å². The van der Waals surface area contributed by atoms with E-state index in [2.05, 4.69) is 0 Å². The number of hydrogen-bond acceptors (Lipinski definition) is 3. The largest absolute Gasteiger partial charge is 0.481 e. The maximum atomic E-state index is 12.0. The monoisotopic (exact) mass is 259 g/mol. The maximum Gasteiger partial charge on any atom is 0.326 e. The second-order valence-electron chi connectivity index (χ2n) is 4.86. The molecule has 2 N–H and O–H groups in total. The SMILES string of the molecule is CC(C)C(=O)N(CCC(=O)O)C(C(=O)O)C(C)C. The van der Waals surface area contributed by atoms with Gasteiger partial charge >= 0.3 is 11.9 Å². The zero-order valence-electron chi connectivity index (χ0n) is 11.2. The van der Waals surface area contributed by atoms with Crippen LogP contribution in [-0.2, 0) is 14.4 Å². The van der Waals surface area contributed by atoms with Crippen LogP contribution < -0.4 is 0 Å². The summed E-state index contributed by atoms with van der Waals surface area (Å²) in [5.41, 5.74) is 0. The number of carbonyl (C=O) groups excluding carboxylic acids is 1. The van der Waals surface area contributed by atoms with Gasteiger partial charge in [-0.05, 0) is 5.92 Å². The molecule has 0 aromatic rings. The van der Waals surface area contributed by atoms with Gasteiger partial charge in [0.1, 0.15) is 6.04 Å². The van der Waals surface area contributed by atoms with Gasteiger partial charge in [-0.3, -0.25) is 9.59 Å². The van der Waals surface area contributed by atoms with Crippen LogP contribution in [0.15, 0.2) is 0 Å². The molecule has 1 amide bonds. The van der Waals surface area contributed by atoms with Gasteiger partial charge in [-0.2, -0.15) is 0 Å². The van der Waals surface area contributed by atoms with Gasteiger partial charge in [-0.1, -0.05) is 27.7 Å². The zero-order valence-corrected chi connectivity index (χ0v) is 11.2. The Morgan fingerprint density at radius 1 is 1.06 bits per heavy atom. The topological polar surface area (TPSA) is 94.9 Å². The van der Waals surface area contributed by atoms with Gasteiger partial charge in [0.15, 0.2) is 0 Å². The van der Waals surface area contributed by atoms with Gasteiger partial charge in [0.05, 0.1) is 6.42 Å². The van der Waals surface area contributed by atoms with Crippen LogP contribution in [0.2, 0.25) is 0 Å². The number of hydrogen-bond donors (Lipinski definition) is 2. The third kappa shape index (κ3) is 4.73. The van der Waals surface area contributed by atoms with Crippen molar-refractivity contribution >= 4 is 17.8 Å². The Balaban J connectivity index is 5.09. The minimum atomic E-state index is -1.11. The normalized spacial score (nSPS) is 12.6. The predicted molar refractivity (Wildman–Crippen MR) is 65.1 cm³/mol. The molecular weight excluding hydrogens is 238 g/mol. The molecule has 0 bridgehead atoms. The first-order valence-electron chi connectivity index (χ1n) is 5.93. The molecule has 0 radical (unpaired) electrons. The van der Waals surface area contributed by atoms with Crippen LogP contribution in [-0.4, -0.2) is 45.5 Å². The van der Waals surface area contributed by atoms with Gasteiger partial charge in [-0.25, -0.2) is 4.79 Å². The number of rotatable bonds is 7. The molecule has 0 heterocycles. The van der Waals surface area contributed by atoms with Crippen molar-refractivity contribution in [2.45, 2.75) is 40.2 Å². The van der Waals surface area contributed by atoms with Gasteiger partial charge < -0.3 is 15.1 Å². The molecule has 0 saturated carbocycles. The highest BCUT2D eigenvalue weighted by Crippen LogP contribution is 2.15. The van der Waals surface area contributed by atoms with Crippen molar-refractivity contribution in [1.29, 1.82) is 0 Å². The lowest BCUT2D eigenvalue weighted by Gasteiger charge is -2.32. The van der Waals surface area contributed by atoms with E-state index in [0.29, 0.717) is 0 Å². The first-order valence-corrected chi connectivity index (χ1v) is 5.93. The Labute approximate surface area is 107 Å². The minimum Gasteiger partial charge on any atom is -0.481 e. The van der Waals surface area contributed by atoms with Crippen molar-refractivity contribution in [3.05, 3.63) is 0 Å². The van der Waals surface area contributed by atoms with Gasteiger partial charge in [-0.15, -0.1) is 0 Å². The summed E-state index contributed by atoms with van der Waals surface area (Å²) in [5.74, 6) is -3.13. The first-order chi connectivity index (χ1) is 8.18. The predicted octanol–water partition coefficient (Wildman–Crippen LogP) is 1.05. The molecule has 0 aliphatic carbocycles. The average Bonchev–Trinajstić information content (AvgIpc) is 2.21.